The van der Waals surface area contributed by atoms with E-state index in [-0.39, 0.29) is 18.6 Å². The van der Waals surface area contributed by atoms with Crippen LogP contribution in [0.1, 0.15) is 48.7 Å². The zero-order valence-electron chi connectivity index (χ0n) is 15.3. The molecule has 0 bridgehead atoms. The highest BCUT2D eigenvalue weighted by atomic mass is 16.5. The topological polar surface area (TPSA) is 73.2 Å². The minimum absolute atomic E-state index is 0.203. The molecule has 0 atom stereocenters. The van der Waals surface area contributed by atoms with Gasteiger partial charge in [-0.25, -0.2) is 9.48 Å². The maximum absolute atomic E-state index is 12.1. The highest BCUT2D eigenvalue weighted by Crippen LogP contribution is 2.23. The molecule has 0 unspecified atom stereocenters. The molecule has 1 heterocycles. The summed E-state index contributed by atoms with van der Waals surface area (Å²) in [5.41, 5.74) is 2.29. The van der Waals surface area contributed by atoms with Gasteiger partial charge in [0.15, 0.2) is 6.61 Å². The number of amides is 1. The van der Waals surface area contributed by atoms with Crippen LogP contribution in [0.4, 0.5) is 0 Å². The van der Waals surface area contributed by atoms with Crippen molar-refractivity contribution in [1.29, 1.82) is 0 Å². The summed E-state index contributed by atoms with van der Waals surface area (Å²) in [6, 6.07) is 9.08. The lowest BCUT2D eigenvalue weighted by atomic mass is 9.87. The Balaban J connectivity index is 1.49. The van der Waals surface area contributed by atoms with Crippen LogP contribution in [-0.4, -0.2) is 34.3 Å². The molecule has 0 aliphatic heterocycles. The summed E-state index contributed by atoms with van der Waals surface area (Å²) >= 11 is 0. The molecular formula is C20H25N3O3. The van der Waals surface area contributed by atoms with Gasteiger partial charge in [0.2, 0.25) is 0 Å². The number of esters is 1. The number of ether oxygens (including phenoxy) is 1. The van der Waals surface area contributed by atoms with Gasteiger partial charge in [-0.3, -0.25) is 4.79 Å². The second kappa shape index (κ2) is 8.17. The normalized spacial score (nSPS) is 19.8. The van der Waals surface area contributed by atoms with Crippen molar-refractivity contribution < 1.29 is 14.3 Å². The van der Waals surface area contributed by atoms with Gasteiger partial charge < -0.3 is 10.1 Å². The highest BCUT2D eigenvalue weighted by Gasteiger charge is 2.20. The second-order valence-corrected chi connectivity index (χ2v) is 7.03. The van der Waals surface area contributed by atoms with E-state index in [1.54, 1.807) is 35.1 Å². The van der Waals surface area contributed by atoms with Crippen molar-refractivity contribution in [2.24, 2.45) is 5.92 Å². The highest BCUT2D eigenvalue weighted by molar-refractivity contribution is 5.91. The van der Waals surface area contributed by atoms with E-state index in [9.17, 15) is 9.59 Å². The van der Waals surface area contributed by atoms with Crippen LogP contribution in [0, 0.1) is 12.8 Å². The van der Waals surface area contributed by atoms with Gasteiger partial charge >= 0.3 is 5.97 Å². The molecule has 1 aliphatic rings. The minimum Gasteiger partial charge on any atom is -0.452 e. The Kier molecular flexibility index (Phi) is 5.71. The summed E-state index contributed by atoms with van der Waals surface area (Å²) in [4.78, 5) is 24.1. The van der Waals surface area contributed by atoms with E-state index in [1.807, 2.05) is 13.0 Å². The summed E-state index contributed by atoms with van der Waals surface area (Å²) in [6.45, 7) is 3.95. The van der Waals surface area contributed by atoms with Crippen LogP contribution >= 0.6 is 0 Å². The van der Waals surface area contributed by atoms with Crippen LogP contribution in [0.5, 0.6) is 0 Å². The summed E-state index contributed by atoms with van der Waals surface area (Å²) in [5.74, 6) is -0.00248. The molecule has 1 aromatic carbocycles. The number of nitrogens with zero attached hydrogens (tertiary/aromatic N) is 2. The van der Waals surface area contributed by atoms with Crippen LogP contribution in [0.3, 0.4) is 0 Å². The third-order valence-corrected chi connectivity index (χ3v) is 4.89. The van der Waals surface area contributed by atoms with Crippen molar-refractivity contribution in [2.75, 3.05) is 6.61 Å². The maximum atomic E-state index is 12.1. The number of aromatic nitrogens is 2. The first-order valence-electron chi connectivity index (χ1n) is 9.10. The summed E-state index contributed by atoms with van der Waals surface area (Å²) in [6.07, 6.45) is 5.98. The third kappa shape index (κ3) is 4.50. The smallest absolute Gasteiger partial charge is 0.338 e. The van der Waals surface area contributed by atoms with E-state index < -0.39 is 5.97 Å². The molecular weight excluding hydrogens is 330 g/mol. The number of benzene rings is 1. The van der Waals surface area contributed by atoms with Gasteiger partial charge in [0.25, 0.3) is 5.91 Å². The Morgan fingerprint density at radius 1 is 1.15 bits per heavy atom. The Morgan fingerprint density at radius 2 is 1.85 bits per heavy atom. The van der Waals surface area contributed by atoms with Gasteiger partial charge in [0.1, 0.15) is 0 Å². The van der Waals surface area contributed by atoms with Gasteiger partial charge in [-0.15, -0.1) is 0 Å². The van der Waals surface area contributed by atoms with Crippen LogP contribution in [0.25, 0.3) is 5.69 Å². The molecule has 3 rings (SSSR count). The van der Waals surface area contributed by atoms with E-state index in [1.165, 1.54) is 0 Å². The van der Waals surface area contributed by atoms with Crippen molar-refractivity contribution in [3.8, 4) is 5.69 Å². The van der Waals surface area contributed by atoms with Crippen LogP contribution in [-0.2, 0) is 9.53 Å². The van der Waals surface area contributed by atoms with Gasteiger partial charge in [-0.2, -0.15) is 5.10 Å². The SMILES string of the molecule is Cc1ccnn1-c1ccc(C(=O)OCC(=O)NC2CCC(C)CC2)cc1. The number of aryl methyl sites for hydroxylation is 1. The van der Waals surface area contributed by atoms with E-state index >= 15 is 0 Å². The van der Waals surface area contributed by atoms with E-state index in [0.717, 1.165) is 43.0 Å². The largest absolute Gasteiger partial charge is 0.452 e. The third-order valence-electron chi connectivity index (χ3n) is 4.89. The number of carbonyl (C=O) groups excluding carboxylic acids is 2. The lowest BCUT2D eigenvalue weighted by molar-refractivity contribution is -0.125. The molecule has 1 aromatic heterocycles. The lowest BCUT2D eigenvalue weighted by Crippen LogP contribution is -2.39. The molecule has 1 amide bonds. The summed E-state index contributed by atoms with van der Waals surface area (Å²) in [5, 5.41) is 7.18. The monoisotopic (exact) mass is 355 g/mol. The lowest BCUT2D eigenvalue weighted by Gasteiger charge is -2.26. The van der Waals surface area contributed by atoms with Crippen molar-refractivity contribution in [2.45, 2.75) is 45.6 Å². The molecule has 26 heavy (non-hydrogen) atoms. The fraction of sp³-hybridized carbons (Fsp3) is 0.450. The molecule has 1 saturated carbocycles. The molecule has 1 aliphatic carbocycles. The van der Waals surface area contributed by atoms with Gasteiger partial charge in [-0.05, 0) is 68.9 Å². The van der Waals surface area contributed by atoms with Gasteiger partial charge in [-0.1, -0.05) is 6.92 Å². The van der Waals surface area contributed by atoms with Crippen molar-refractivity contribution >= 4 is 11.9 Å². The Bertz CT molecular complexity index is 759. The zero-order valence-corrected chi connectivity index (χ0v) is 15.3. The van der Waals surface area contributed by atoms with E-state index in [4.69, 9.17) is 4.74 Å². The summed E-state index contributed by atoms with van der Waals surface area (Å²) in [7, 11) is 0. The molecule has 2 aromatic rings. The van der Waals surface area contributed by atoms with Crippen LogP contribution in [0.15, 0.2) is 36.5 Å². The van der Waals surface area contributed by atoms with Crippen molar-refractivity contribution in [1.82, 2.24) is 15.1 Å². The van der Waals surface area contributed by atoms with E-state index in [2.05, 4.69) is 17.3 Å². The number of hydrogen-bond donors (Lipinski definition) is 1. The minimum atomic E-state index is -0.499. The first kappa shape index (κ1) is 18.2. The number of rotatable bonds is 5. The molecule has 1 fully saturated rings. The van der Waals surface area contributed by atoms with Crippen LogP contribution < -0.4 is 5.32 Å². The quantitative estimate of drug-likeness (QED) is 0.837. The molecule has 1 N–H and O–H groups in total. The average molecular weight is 355 g/mol. The molecule has 6 heteroatoms. The molecule has 0 radical (unpaired) electrons. The fourth-order valence-corrected chi connectivity index (χ4v) is 3.27. The number of carbonyl (C=O) groups is 2. The molecule has 6 nitrogen and oxygen atoms in total. The molecule has 138 valence electrons. The van der Waals surface area contributed by atoms with Gasteiger partial charge in [0.05, 0.1) is 11.3 Å². The first-order chi connectivity index (χ1) is 12.5. The van der Waals surface area contributed by atoms with Crippen LogP contribution in [0.2, 0.25) is 0 Å². The first-order valence-corrected chi connectivity index (χ1v) is 9.10. The maximum Gasteiger partial charge on any atom is 0.338 e. The van der Waals surface area contributed by atoms with E-state index in [0.29, 0.717) is 5.56 Å². The van der Waals surface area contributed by atoms with Gasteiger partial charge in [0, 0.05) is 17.9 Å². The summed E-state index contributed by atoms with van der Waals surface area (Å²) < 4.78 is 6.92. The number of nitrogens with one attached hydrogen (secondary N) is 1. The molecule has 0 saturated heterocycles. The fourth-order valence-electron chi connectivity index (χ4n) is 3.27. The standard InChI is InChI=1S/C20H25N3O3/c1-14-3-7-17(8-4-14)22-19(24)13-26-20(25)16-5-9-18(10-6-16)23-15(2)11-12-21-23/h5-6,9-12,14,17H,3-4,7-8,13H2,1-2H3,(H,22,24). The number of hydrogen-bond acceptors (Lipinski definition) is 4. The Hall–Kier alpha value is -2.63. The Morgan fingerprint density at radius 3 is 2.46 bits per heavy atom. The van der Waals surface area contributed by atoms with Crippen molar-refractivity contribution in [3.05, 3.63) is 47.8 Å². The molecule has 0 spiro atoms. The van der Waals surface area contributed by atoms with Crippen molar-refractivity contribution in [3.63, 3.8) is 0 Å². The predicted octanol–water partition coefficient (Wildman–Crippen LogP) is 3.03. The zero-order chi connectivity index (χ0) is 18.5. The average Bonchev–Trinajstić information content (AvgIpc) is 3.08. The second-order valence-electron chi connectivity index (χ2n) is 7.03. The Labute approximate surface area is 153 Å². The predicted molar refractivity (Wildman–Crippen MR) is 98.1 cm³/mol.